The van der Waals surface area contributed by atoms with Crippen LogP contribution >= 0.6 is 12.4 Å². The van der Waals surface area contributed by atoms with Crippen LogP contribution in [0.1, 0.15) is 44.1 Å². The lowest BCUT2D eigenvalue weighted by molar-refractivity contribution is -0.0495. The number of fused-ring (bicyclic) bond motifs is 2. The lowest BCUT2D eigenvalue weighted by Gasteiger charge is -2.40. The minimum atomic E-state index is -0.664. The normalized spacial score (nSPS) is 31.6. The van der Waals surface area contributed by atoms with Crippen molar-refractivity contribution >= 4 is 12.4 Å². The van der Waals surface area contributed by atoms with E-state index in [-0.39, 0.29) is 12.4 Å². The topological polar surface area (TPSA) is 23.5 Å². The number of aliphatic hydroxyl groups is 1. The highest BCUT2D eigenvalue weighted by Crippen LogP contribution is 2.52. The number of hydrogen-bond acceptors (Lipinski definition) is 2. The summed E-state index contributed by atoms with van der Waals surface area (Å²) in [6.45, 7) is 3.45. The third-order valence-corrected chi connectivity index (χ3v) is 6.42. The minimum absolute atomic E-state index is 0. The van der Waals surface area contributed by atoms with Crippen LogP contribution in [0.15, 0.2) is 42.5 Å². The van der Waals surface area contributed by atoms with Gasteiger partial charge in [0.2, 0.25) is 0 Å². The second-order valence-electron chi connectivity index (χ2n) is 7.83. The molecular formula is C21H30ClNO. The highest BCUT2D eigenvalue weighted by molar-refractivity contribution is 5.85. The molecule has 4 rings (SSSR count). The first kappa shape index (κ1) is 18.0. The second-order valence-corrected chi connectivity index (χ2v) is 7.83. The van der Waals surface area contributed by atoms with E-state index in [1.807, 2.05) is 0 Å². The van der Waals surface area contributed by atoms with Crippen molar-refractivity contribution in [2.75, 3.05) is 19.6 Å². The molecule has 1 saturated carbocycles. The summed E-state index contributed by atoms with van der Waals surface area (Å²) in [6.07, 6.45) is 12.0. The zero-order chi connectivity index (χ0) is 15.7. The Labute approximate surface area is 152 Å². The van der Waals surface area contributed by atoms with Crippen molar-refractivity contribution in [1.29, 1.82) is 0 Å². The molecule has 1 aromatic carbocycles. The molecule has 0 radical (unpaired) electrons. The molecule has 1 heterocycles. The van der Waals surface area contributed by atoms with Gasteiger partial charge in [-0.05, 0) is 68.5 Å². The van der Waals surface area contributed by atoms with Crippen LogP contribution < -0.4 is 0 Å². The summed E-state index contributed by atoms with van der Waals surface area (Å²) in [5.41, 5.74) is 0.464. The molecule has 24 heavy (non-hydrogen) atoms. The number of piperidine rings is 1. The third kappa shape index (κ3) is 3.42. The Kier molecular flexibility index (Phi) is 5.69. The summed E-state index contributed by atoms with van der Waals surface area (Å²) in [7, 11) is 0. The molecule has 0 aromatic heterocycles. The van der Waals surface area contributed by atoms with Crippen LogP contribution in [0, 0.1) is 17.8 Å². The molecule has 2 bridgehead atoms. The SMILES string of the molecule is Cl.OC(CCN1CCCCC1)(c1ccccc1)[C@H]1C[C@H]2C=C[C@@H]1C2. The molecule has 1 N–H and O–H groups in total. The number of likely N-dealkylation sites (tertiary alicyclic amines) is 1. The van der Waals surface area contributed by atoms with Gasteiger partial charge in [-0.15, -0.1) is 12.4 Å². The molecular weight excluding hydrogens is 318 g/mol. The maximum Gasteiger partial charge on any atom is 0.0942 e. The van der Waals surface area contributed by atoms with Crippen molar-refractivity contribution in [3.63, 3.8) is 0 Å². The zero-order valence-corrected chi connectivity index (χ0v) is 15.3. The molecule has 1 saturated heterocycles. The van der Waals surface area contributed by atoms with Gasteiger partial charge in [0.25, 0.3) is 0 Å². The fraction of sp³-hybridized carbons (Fsp3) is 0.619. The van der Waals surface area contributed by atoms with Crippen LogP contribution in [0.25, 0.3) is 0 Å². The van der Waals surface area contributed by atoms with E-state index in [2.05, 4.69) is 47.4 Å². The van der Waals surface area contributed by atoms with Gasteiger partial charge in [-0.25, -0.2) is 0 Å². The summed E-state index contributed by atoms with van der Waals surface area (Å²) in [6, 6.07) is 10.5. The average molecular weight is 348 g/mol. The number of allylic oxidation sites excluding steroid dienone is 2. The Morgan fingerprint density at radius 1 is 1.00 bits per heavy atom. The molecule has 1 unspecified atom stereocenters. The maximum atomic E-state index is 11.8. The van der Waals surface area contributed by atoms with E-state index in [0.29, 0.717) is 17.8 Å². The van der Waals surface area contributed by atoms with Crippen molar-refractivity contribution in [2.24, 2.45) is 17.8 Å². The zero-order valence-electron chi connectivity index (χ0n) is 14.4. The number of nitrogens with zero attached hydrogens (tertiary/aromatic N) is 1. The summed E-state index contributed by atoms with van der Waals surface area (Å²) in [5.74, 6) is 1.67. The van der Waals surface area contributed by atoms with Gasteiger partial charge in [-0.1, -0.05) is 48.9 Å². The molecule has 3 heteroatoms. The van der Waals surface area contributed by atoms with Crippen LogP contribution in [0.3, 0.4) is 0 Å². The summed E-state index contributed by atoms with van der Waals surface area (Å²) in [4.78, 5) is 2.56. The van der Waals surface area contributed by atoms with Gasteiger partial charge in [0.1, 0.15) is 0 Å². The molecule has 2 nitrogen and oxygen atoms in total. The first-order valence-electron chi connectivity index (χ1n) is 9.44. The largest absolute Gasteiger partial charge is 0.385 e. The van der Waals surface area contributed by atoms with Crippen molar-refractivity contribution < 1.29 is 5.11 Å². The summed E-state index contributed by atoms with van der Waals surface area (Å²) < 4.78 is 0. The van der Waals surface area contributed by atoms with Crippen LogP contribution in [-0.4, -0.2) is 29.6 Å². The van der Waals surface area contributed by atoms with E-state index in [0.717, 1.165) is 24.9 Å². The quantitative estimate of drug-likeness (QED) is 0.799. The van der Waals surface area contributed by atoms with Crippen molar-refractivity contribution in [2.45, 2.75) is 44.1 Å². The molecule has 1 aromatic rings. The summed E-state index contributed by atoms with van der Waals surface area (Å²) in [5, 5.41) is 11.8. The van der Waals surface area contributed by atoms with Crippen LogP contribution in [0.4, 0.5) is 0 Å². The predicted molar refractivity (Wildman–Crippen MR) is 101 cm³/mol. The Balaban J connectivity index is 0.00000169. The van der Waals surface area contributed by atoms with Gasteiger partial charge in [0.05, 0.1) is 5.60 Å². The first-order valence-corrected chi connectivity index (χ1v) is 9.44. The van der Waals surface area contributed by atoms with Gasteiger partial charge in [0.15, 0.2) is 0 Å². The van der Waals surface area contributed by atoms with Gasteiger partial charge in [0, 0.05) is 6.54 Å². The fourth-order valence-corrected chi connectivity index (χ4v) is 5.11. The maximum absolute atomic E-state index is 11.8. The average Bonchev–Trinajstić information content (AvgIpc) is 3.25. The highest BCUT2D eigenvalue weighted by atomic mass is 35.5. The van der Waals surface area contributed by atoms with Crippen molar-refractivity contribution in [3.05, 3.63) is 48.0 Å². The molecule has 0 spiro atoms. The Bertz CT molecular complexity index is 554. The van der Waals surface area contributed by atoms with E-state index in [9.17, 15) is 5.11 Å². The van der Waals surface area contributed by atoms with E-state index < -0.39 is 5.60 Å². The van der Waals surface area contributed by atoms with Crippen LogP contribution in [-0.2, 0) is 5.60 Å². The Morgan fingerprint density at radius 2 is 1.75 bits per heavy atom. The molecule has 4 atom stereocenters. The monoisotopic (exact) mass is 347 g/mol. The van der Waals surface area contributed by atoms with Crippen molar-refractivity contribution in [1.82, 2.24) is 4.90 Å². The molecule has 2 fully saturated rings. The minimum Gasteiger partial charge on any atom is -0.385 e. The number of benzene rings is 1. The predicted octanol–water partition coefficient (Wildman–Crippen LogP) is 4.38. The second kappa shape index (κ2) is 7.59. The van der Waals surface area contributed by atoms with E-state index >= 15 is 0 Å². The number of hydrogen-bond donors (Lipinski definition) is 1. The fourth-order valence-electron chi connectivity index (χ4n) is 5.11. The standard InChI is InChI=1S/C21H29NO.ClH/c23-21(19-7-3-1-4-8-19,11-14-22-12-5-2-6-13-22)20-16-17-9-10-18(20)15-17;/h1,3-4,7-10,17-18,20,23H,2,5-6,11-16H2;1H/t17-,18+,20-,21?;/m0./s1. The number of halogens is 1. The van der Waals surface area contributed by atoms with Crippen LogP contribution in [0.5, 0.6) is 0 Å². The van der Waals surface area contributed by atoms with E-state index in [1.165, 1.54) is 38.8 Å². The number of rotatable bonds is 5. The van der Waals surface area contributed by atoms with E-state index in [1.54, 1.807) is 0 Å². The van der Waals surface area contributed by atoms with Crippen molar-refractivity contribution in [3.8, 4) is 0 Å². The summed E-state index contributed by atoms with van der Waals surface area (Å²) >= 11 is 0. The molecule has 0 amide bonds. The van der Waals surface area contributed by atoms with E-state index in [4.69, 9.17) is 0 Å². The van der Waals surface area contributed by atoms with Gasteiger partial charge in [-0.2, -0.15) is 0 Å². The Morgan fingerprint density at radius 3 is 2.38 bits per heavy atom. The Hall–Kier alpha value is -0.830. The molecule has 1 aliphatic heterocycles. The van der Waals surface area contributed by atoms with Gasteiger partial charge < -0.3 is 10.0 Å². The molecule has 132 valence electrons. The third-order valence-electron chi connectivity index (χ3n) is 6.42. The van der Waals surface area contributed by atoms with Gasteiger partial charge in [-0.3, -0.25) is 0 Å². The first-order chi connectivity index (χ1) is 11.3. The molecule has 2 aliphatic carbocycles. The van der Waals surface area contributed by atoms with Crippen LogP contribution in [0.2, 0.25) is 0 Å². The lowest BCUT2D eigenvalue weighted by Crippen LogP contribution is -2.42. The smallest absolute Gasteiger partial charge is 0.0942 e. The lowest BCUT2D eigenvalue weighted by atomic mass is 9.72. The van der Waals surface area contributed by atoms with Gasteiger partial charge >= 0.3 is 0 Å². The molecule has 3 aliphatic rings. The highest BCUT2D eigenvalue weighted by Gasteiger charge is 2.48.